The van der Waals surface area contributed by atoms with Gasteiger partial charge in [0.15, 0.2) is 0 Å². The maximum absolute atomic E-state index is 14.1. The zero-order valence-corrected chi connectivity index (χ0v) is 19.3. The number of hydrogen-bond donors (Lipinski definition) is 1. The van der Waals surface area contributed by atoms with Crippen LogP contribution >= 0.6 is 0 Å². The topological polar surface area (TPSA) is 75.2 Å². The van der Waals surface area contributed by atoms with Crippen LogP contribution in [0.5, 0.6) is 0 Å². The zero-order chi connectivity index (χ0) is 24.2. The van der Waals surface area contributed by atoms with Crippen LogP contribution in [0.1, 0.15) is 34.2 Å². The van der Waals surface area contributed by atoms with Crippen molar-refractivity contribution >= 4 is 34.2 Å². The molecule has 6 nitrogen and oxygen atoms in total. The van der Waals surface area contributed by atoms with Crippen molar-refractivity contribution < 1.29 is 14.0 Å². The number of para-hydroxylation sites is 1. The summed E-state index contributed by atoms with van der Waals surface area (Å²) in [4.78, 5) is 36.3. The van der Waals surface area contributed by atoms with Crippen LogP contribution in [-0.2, 0) is 11.2 Å². The number of halogens is 1. The van der Waals surface area contributed by atoms with Gasteiger partial charge in [0, 0.05) is 24.0 Å². The first kappa shape index (κ1) is 23.0. The Kier molecular flexibility index (Phi) is 6.63. The van der Waals surface area contributed by atoms with Gasteiger partial charge in [-0.2, -0.15) is 0 Å². The number of rotatable bonds is 6. The van der Waals surface area contributed by atoms with Crippen LogP contribution in [0.15, 0.2) is 66.7 Å². The van der Waals surface area contributed by atoms with Crippen molar-refractivity contribution in [2.45, 2.75) is 27.2 Å². The van der Waals surface area contributed by atoms with E-state index in [9.17, 15) is 14.0 Å². The molecule has 0 bridgehead atoms. The summed E-state index contributed by atoms with van der Waals surface area (Å²) in [6.45, 7) is 6.09. The van der Waals surface area contributed by atoms with Crippen molar-refractivity contribution in [3.05, 3.63) is 95.1 Å². The van der Waals surface area contributed by atoms with Crippen molar-refractivity contribution in [1.82, 2.24) is 9.97 Å². The Labute approximate surface area is 197 Å². The van der Waals surface area contributed by atoms with Crippen LogP contribution < -0.4 is 10.2 Å². The number of nitrogens with zero attached hydrogens (tertiary/aromatic N) is 3. The van der Waals surface area contributed by atoms with Gasteiger partial charge in [-0.15, -0.1) is 0 Å². The molecule has 4 rings (SSSR count). The summed E-state index contributed by atoms with van der Waals surface area (Å²) in [7, 11) is 0. The second kappa shape index (κ2) is 9.79. The van der Waals surface area contributed by atoms with Gasteiger partial charge in [0.1, 0.15) is 11.3 Å². The number of carbonyl (C=O) groups excluding carboxylic acids is 2. The second-order valence-electron chi connectivity index (χ2n) is 8.02. The van der Waals surface area contributed by atoms with E-state index < -0.39 is 11.7 Å². The fourth-order valence-electron chi connectivity index (χ4n) is 3.76. The number of aryl methyl sites for hydroxylation is 2. The van der Waals surface area contributed by atoms with E-state index in [1.54, 1.807) is 43.0 Å². The summed E-state index contributed by atoms with van der Waals surface area (Å²) in [6.07, 6.45) is 0.236. The highest BCUT2D eigenvalue weighted by molar-refractivity contribution is 6.11. The maximum atomic E-state index is 14.1. The van der Waals surface area contributed by atoms with E-state index in [0.29, 0.717) is 34.7 Å². The third-order valence-electron chi connectivity index (χ3n) is 5.64. The predicted molar refractivity (Wildman–Crippen MR) is 132 cm³/mol. The van der Waals surface area contributed by atoms with Crippen molar-refractivity contribution in [2.24, 2.45) is 0 Å². The molecule has 3 aromatic carbocycles. The quantitative estimate of drug-likeness (QED) is 0.431. The molecule has 1 aromatic heterocycles. The summed E-state index contributed by atoms with van der Waals surface area (Å²) in [5.74, 6) is -1.05. The number of nitrogens with one attached hydrogen (secondary N) is 1. The monoisotopic (exact) mass is 456 g/mol. The molecule has 0 aliphatic rings. The number of anilines is 2. The average Bonchev–Trinajstić information content (AvgIpc) is 2.82. The molecule has 1 N–H and O–H groups in total. The molecule has 0 aliphatic carbocycles. The highest BCUT2D eigenvalue weighted by Crippen LogP contribution is 2.21. The number of carbonyl (C=O) groups is 2. The third-order valence-corrected chi connectivity index (χ3v) is 5.64. The number of amides is 2. The van der Waals surface area contributed by atoms with E-state index in [4.69, 9.17) is 0 Å². The van der Waals surface area contributed by atoms with Crippen LogP contribution in [0.3, 0.4) is 0 Å². The molecule has 4 aromatic rings. The van der Waals surface area contributed by atoms with Gasteiger partial charge in [-0.1, -0.05) is 30.3 Å². The summed E-state index contributed by atoms with van der Waals surface area (Å²) >= 11 is 0. The lowest BCUT2D eigenvalue weighted by atomic mass is 10.1. The summed E-state index contributed by atoms with van der Waals surface area (Å²) < 4.78 is 14.1. The summed E-state index contributed by atoms with van der Waals surface area (Å²) in [6, 6.07) is 19.0. The molecular formula is C27H25FN4O2. The van der Waals surface area contributed by atoms with E-state index in [0.717, 1.165) is 17.3 Å². The molecule has 1 heterocycles. The molecule has 0 radical (unpaired) electrons. The van der Waals surface area contributed by atoms with Gasteiger partial charge >= 0.3 is 0 Å². The highest BCUT2D eigenvalue weighted by Gasteiger charge is 2.17. The van der Waals surface area contributed by atoms with Crippen LogP contribution in [0.2, 0.25) is 0 Å². The average molecular weight is 457 g/mol. The molecule has 2 amide bonds. The standard InChI is InChI=1S/C27H25FN4O2/c1-4-32(22-8-6-5-7-9-22)25(33)14-19-10-12-21(13-11-19)31-27(34)23-15-20(28)16-24-26(23)30-18(3)17(2)29-24/h5-13,15-16H,4,14H2,1-3H3,(H,31,34). The van der Waals surface area contributed by atoms with Gasteiger partial charge in [-0.3, -0.25) is 9.59 Å². The van der Waals surface area contributed by atoms with Crippen molar-refractivity contribution in [3.8, 4) is 0 Å². The highest BCUT2D eigenvalue weighted by atomic mass is 19.1. The Morgan fingerprint density at radius 2 is 1.62 bits per heavy atom. The molecule has 7 heteroatoms. The van der Waals surface area contributed by atoms with E-state index in [2.05, 4.69) is 15.3 Å². The normalized spacial score (nSPS) is 10.8. The molecular weight excluding hydrogens is 431 g/mol. The smallest absolute Gasteiger partial charge is 0.258 e. The van der Waals surface area contributed by atoms with E-state index >= 15 is 0 Å². The summed E-state index contributed by atoms with van der Waals surface area (Å²) in [5, 5.41) is 2.78. The van der Waals surface area contributed by atoms with E-state index in [1.165, 1.54) is 6.07 Å². The summed E-state index contributed by atoms with van der Waals surface area (Å²) in [5.41, 5.74) is 4.38. The van der Waals surface area contributed by atoms with Gasteiger partial charge in [-0.25, -0.2) is 14.4 Å². The second-order valence-corrected chi connectivity index (χ2v) is 8.02. The molecule has 0 atom stereocenters. The Balaban J connectivity index is 1.49. The Hall–Kier alpha value is -4.13. The van der Waals surface area contributed by atoms with Gasteiger partial charge in [0.05, 0.1) is 28.9 Å². The Bertz CT molecular complexity index is 1350. The van der Waals surface area contributed by atoms with Crippen molar-refractivity contribution in [1.29, 1.82) is 0 Å². The molecule has 0 saturated heterocycles. The lowest BCUT2D eigenvalue weighted by Crippen LogP contribution is -2.31. The van der Waals surface area contributed by atoms with Gasteiger partial charge in [0.25, 0.3) is 5.91 Å². The minimum Gasteiger partial charge on any atom is -0.322 e. The molecule has 34 heavy (non-hydrogen) atoms. The first-order valence-electron chi connectivity index (χ1n) is 11.1. The first-order chi connectivity index (χ1) is 16.4. The van der Waals surface area contributed by atoms with Crippen LogP contribution in [0.25, 0.3) is 11.0 Å². The Morgan fingerprint density at radius 3 is 2.29 bits per heavy atom. The predicted octanol–water partition coefficient (Wildman–Crippen LogP) is 5.23. The first-order valence-corrected chi connectivity index (χ1v) is 11.1. The number of fused-ring (bicyclic) bond motifs is 1. The van der Waals surface area contributed by atoms with E-state index in [-0.39, 0.29) is 17.9 Å². The molecule has 0 fully saturated rings. The molecule has 172 valence electrons. The Morgan fingerprint density at radius 1 is 0.941 bits per heavy atom. The number of hydrogen-bond acceptors (Lipinski definition) is 4. The van der Waals surface area contributed by atoms with Crippen LogP contribution in [0.4, 0.5) is 15.8 Å². The van der Waals surface area contributed by atoms with E-state index in [1.807, 2.05) is 37.3 Å². The third kappa shape index (κ3) is 4.93. The zero-order valence-electron chi connectivity index (χ0n) is 19.3. The minimum atomic E-state index is -0.553. The van der Waals surface area contributed by atoms with Crippen molar-refractivity contribution in [3.63, 3.8) is 0 Å². The largest absolute Gasteiger partial charge is 0.322 e. The SMILES string of the molecule is CCN(C(=O)Cc1ccc(NC(=O)c2cc(F)cc3nc(C)c(C)nc23)cc1)c1ccccc1. The fraction of sp³-hybridized carbons (Fsp3) is 0.185. The van der Waals surface area contributed by atoms with Crippen LogP contribution in [0, 0.1) is 19.7 Å². The number of benzene rings is 3. The number of likely N-dealkylation sites (N-methyl/N-ethyl adjacent to an activating group) is 1. The van der Waals surface area contributed by atoms with Crippen LogP contribution in [-0.4, -0.2) is 28.3 Å². The van der Waals surface area contributed by atoms with Gasteiger partial charge in [0.2, 0.25) is 5.91 Å². The van der Waals surface area contributed by atoms with Gasteiger partial charge < -0.3 is 10.2 Å². The molecule has 0 saturated carbocycles. The maximum Gasteiger partial charge on any atom is 0.258 e. The molecule has 0 aliphatic heterocycles. The molecule has 0 unspecified atom stereocenters. The minimum absolute atomic E-state index is 0.0130. The fourth-order valence-corrected chi connectivity index (χ4v) is 3.76. The lowest BCUT2D eigenvalue weighted by molar-refractivity contribution is -0.117. The number of aromatic nitrogens is 2. The lowest BCUT2D eigenvalue weighted by Gasteiger charge is -2.21. The van der Waals surface area contributed by atoms with Gasteiger partial charge in [-0.05, 0) is 56.7 Å². The van der Waals surface area contributed by atoms with Crippen molar-refractivity contribution in [2.75, 3.05) is 16.8 Å². The molecule has 0 spiro atoms.